The Labute approximate surface area is 108 Å². The highest BCUT2D eigenvalue weighted by molar-refractivity contribution is 5.27. The third-order valence-electron chi connectivity index (χ3n) is 3.84. The van der Waals surface area contributed by atoms with E-state index in [1.807, 2.05) is 18.2 Å². The molecule has 94 valence electrons. The first-order valence-corrected chi connectivity index (χ1v) is 6.51. The first-order valence-electron chi connectivity index (χ1n) is 6.51. The quantitative estimate of drug-likeness (QED) is 0.881. The Balaban J connectivity index is 1.85. The lowest BCUT2D eigenvalue weighted by molar-refractivity contribution is 0.425. The van der Waals surface area contributed by atoms with Crippen LogP contribution in [-0.2, 0) is 0 Å². The molecule has 2 nitrogen and oxygen atoms in total. The fourth-order valence-corrected chi connectivity index (χ4v) is 2.40. The summed E-state index contributed by atoms with van der Waals surface area (Å²) in [4.78, 5) is 0. The monoisotopic (exact) mass is 241 g/mol. The van der Waals surface area contributed by atoms with E-state index in [0.29, 0.717) is 11.5 Å². The maximum absolute atomic E-state index is 5.58. The number of nitrogens with one attached hydrogen (secondary N) is 1. The summed E-state index contributed by atoms with van der Waals surface area (Å²) in [6.45, 7) is 4.60. The Bertz CT molecular complexity index is 501. The van der Waals surface area contributed by atoms with Crippen molar-refractivity contribution in [3.8, 4) is 0 Å². The summed E-state index contributed by atoms with van der Waals surface area (Å²) in [5, 5.41) is 3.71. The van der Waals surface area contributed by atoms with Gasteiger partial charge in [0.15, 0.2) is 0 Å². The molecular formula is C16H19NO. The molecule has 1 heterocycles. The second-order valence-electron chi connectivity index (χ2n) is 5.77. The minimum absolute atomic E-state index is 0.160. The maximum atomic E-state index is 5.58. The zero-order valence-corrected chi connectivity index (χ0v) is 10.9. The van der Waals surface area contributed by atoms with Gasteiger partial charge in [-0.2, -0.15) is 0 Å². The highest BCUT2D eigenvalue weighted by atomic mass is 16.3. The van der Waals surface area contributed by atoms with Crippen LogP contribution >= 0.6 is 0 Å². The van der Waals surface area contributed by atoms with Gasteiger partial charge in [-0.3, -0.25) is 0 Å². The summed E-state index contributed by atoms with van der Waals surface area (Å²) in [7, 11) is 0. The Morgan fingerprint density at radius 2 is 1.89 bits per heavy atom. The molecule has 1 fully saturated rings. The van der Waals surface area contributed by atoms with Gasteiger partial charge in [0.05, 0.1) is 12.3 Å². The van der Waals surface area contributed by atoms with Crippen molar-refractivity contribution in [3.05, 3.63) is 60.1 Å². The van der Waals surface area contributed by atoms with Crippen LogP contribution in [0, 0.1) is 5.41 Å². The normalized spacial score (nSPS) is 22.7. The van der Waals surface area contributed by atoms with E-state index in [1.54, 1.807) is 6.26 Å². The molecule has 0 amide bonds. The second-order valence-corrected chi connectivity index (χ2v) is 5.77. The summed E-state index contributed by atoms with van der Waals surface area (Å²) in [6, 6.07) is 15.2. The lowest BCUT2D eigenvalue weighted by Gasteiger charge is -2.18. The van der Waals surface area contributed by atoms with Crippen LogP contribution in [0.4, 0.5) is 0 Å². The third-order valence-corrected chi connectivity index (χ3v) is 3.84. The van der Waals surface area contributed by atoms with Crippen LogP contribution in [0.3, 0.4) is 0 Å². The number of benzene rings is 1. The van der Waals surface area contributed by atoms with E-state index < -0.39 is 0 Å². The van der Waals surface area contributed by atoms with Crippen molar-refractivity contribution < 1.29 is 4.42 Å². The van der Waals surface area contributed by atoms with E-state index in [-0.39, 0.29) is 6.04 Å². The minimum atomic E-state index is 0.160. The predicted molar refractivity (Wildman–Crippen MR) is 72.3 cm³/mol. The number of furan rings is 1. The highest BCUT2D eigenvalue weighted by Crippen LogP contribution is 2.46. The van der Waals surface area contributed by atoms with Crippen LogP contribution in [-0.4, -0.2) is 6.04 Å². The average Bonchev–Trinajstić information content (AvgIpc) is 2.82. The van der Waals surface area contributed by atoms with Gasteiger partial charge < -0.3 is 9.73 Å². The van der Waals surface area contributed by atoms with Gasteiger partial charge in [-0.25, -0.2) is 0 Å². The standard InChI is InChI=1S/C16H19NO/c1-16(2)11-14(16)17-15(13-9-6-10-18-13)12-7-4-3-5-8-12/h3-10,14-15,17H,11H2,1-2H3. The molecule has 2 aromatic rings. The molecule has 1 N–H and O–H groups in total. The van der Waals surface area contributed by atoms with Crippen molar-refractivity contribution >= 4 is 0 Å². The van der Waals surface area contributed by atoms with Crippen molar-refractivity contribution in [3.63, 3.8) is 0 Å². The van der Waals surface area contributed by atoms with Gasteiger partial charge in [-0.1, -0.05) is 44.2 Å². The van der Waals surface area contributed by atoms with Crippen molar-refractivity contribution in [1.82, 2.24) is 5.32 Å². The molecule has 0 saturated heterocycles. The van der Waals surface area contributed by atoms with Gasteiger partial charge in [0, 0.05) is 6.04 Å². The summed E-state index contributed by atoms with van der Waals surface area (Å²) in [6.07, 6.45) is 2.97. The molecular weight excluding hydrogens is 222 g/mol. The first-order chi connectivity index (χ1) is 8.67. The molecule has 1 aromatic carbocycles. The van der Waals surface area contributed by atoms with Crippen LogP contribution in [0.2, 0.25) is 0 Å². The Hall–Kier alpha value is -1.54. The summed E-state index contributed by atoms with van der Waals surface area (Å²) >= 11 is 0. The smallest absolute Gasteiger partial charge is 0.125 e. The number of rotatable bonds is 4. The van der Waals surface area contributed by atoms with Gasteiger partial charge in [-0.05, 0) is 29.5 Å². The molecule has 2 heteroatoms. The molecule has 1 saturated carbocycles. The molecule has 2 unspecified atom stereocenters. The van der Waals surface area contributed by atoms with Gasteiger partial charge in [0.25, 0.3) is 0 Å². The molecule has 3 rings (SSSR count). The predicted octanol–water partition coefficient (Wildman–Crippen LogP) is 3.76. The molecule has 1 aliphatic rings. The van der Waals surface area contributed by atoms with E-state index in [1.165, 1.54) is 12.0 Å². The van der Waals surface area contributed by atoms with Crippen molar-refractivity contribution in [2.75, 3.05) is 0 Å². The first kappa shape index (κ1) is 11.5. The largest absolute Gasteiger partial charge is 0.467 e. The lowest BCUT2D eigenvalue weighted by Crippen LogP contribution is -2.26. The highest BCUT2D eigenvalue weighted by Gasteiger charge is 2.46. The molecule has 0 aliphatic heterocycles. The molecule has 1 aliphatic carbocycles. The molecule has 2 atom stereocenters. The number of hydrogen-bond acceptors (Lipinski definition) is 2. The van der Waals surface area contributed by atoms with Gasteiger partial charge in [-0.15, -0.1) is 0 Å². The number of hydrogen-bond donors (Lipinski definition) is 1. The van der Waals surface area contributed by atoms with E-state index in [2.05, 4.69) is 43.4 Å². The molecule has 0 bridgehead atoms. The van der Waals surface area contributed by atoms with E-state index in [9.17, 15) is 0 Å². The Kier molecular flexibility index (Phi) is 2.75. The average molecular weight is 241 g/mol. The SMILES string of the molecule is CC1(C)CC1NC(c1ccccc1)c1ccco1. The molecule has 0 radical (unpaired) electrons. The van der Waals surface area contributed by atoms with Crippen LogP contribution in [0.5, 0.6) is 0 Å². The Morgan fingerprint density at radius 3 is 2.44 bits per heavy atom. The van der Waals surface area contributed by atoms with Crippen LogP contribution < -0.4 is 5.32 Å². The van der Waals surface area contributed by atoms with Crippen molar-refractivity contribution in [2.24, 2.45) is 5.41 Å². The Morgan fingerprint density at radius 1 is 1.17 bits per heavy atom. The van der Waals surface area contributed by atoms with Crippen LogP contribution in [0.25, 0.3) is 0 Å². The van der Waals surface area contributed by atoms with Gasteiger partial charge in [0.1, 0.15) is 5.76 Å². The summed E-state index contributed by atoms with van der Waals surface area (Å²) in [5.74, 6) is 0.990. The lowest BCUT2D eigenvalue weighted by atomic mass is 10.0. The van der Waals surface area contributed by atoms with Crippen molar-refractivity contribution in [2.45, 2.75) is 32.4 Å². The fraction of sp³-hybridized carbons (Fsp3) is 0.375. The topological polar surface area (TPSA) is 25.2 Å². The molecule has 1 aromatic heterocycles. The zero-order valence-electron chi connectivity index (χ0n) is 10.9. The van der Waals surface area contributed by atoms with Crippen LogP contribution in [0.1, 0.15) is 37.6 Å². The van der Waals surface area contributed by atoms with E-state index in [0.717, 1.165) is 5.76 Å². The summed E-state index contributed by atoms with van der Waals surface area (Å²) in [5.41, 5.74) is 1.68. The van der Waals surface area contributed by atoms with E-state index in [4.69, 9.17) is 4.42 Å². The second kappa shape index (κ2) is 4.29. The fourth-order valence-electron chi connectivity index (χ4n) is 2.40. The zero-order chi connectivity index (χ0) is 12.6. The van der Waals surface area contributed by atoms with Gasteiger partial charge >= 0.3 is 0 Å². The summed E-state index contributed by atoms with van der Waals surface area (Å²) < 4.78 is 5.58. The van der Waals surface area contributed by atoms with Gasteiger partial charge in [0.2, 0.25) is 0 Å². The van der Waals surface area contributed by atoms with E-state index >= 15 is 0 Å². The maximum Gasteiger partial charge on any atom is 0.125 e. The van der Waals surface area contributed by atoms with Crippen molar-refractivity contribution in [1.29, 1.82) is 0 Å². The third kappa shape index (κ3) is 2.21. The molecule has 0 spiro atoms. The minimum Gasteiger partial charge on any atom is -0.467 e. The molecule has 18 heavy (non-hydrogen) atoms. The van der Waals surface area contributed by atoms with Crippen LogP contribution in [0.15, 0.2) is 53.1 Å².